The predicted molar refractivity (Wildman–Crippen MR) is 78.1 cm³/mol. The third kappa shape index (κ3) is 2.99. The summed E-state index contributed by atoms with van der Waals surface area (Å²) in [5.41, 5.74) is 6.68. The first-order valence-corrected chi connectivity index (χ1v) is 6.51. The molecule has 0 aliphatic heterocycles. The smallest absolute Gasteiger partial charge is 0.166 e. The summed E-state index contributed by atoms with van der Waals surface area (Å²) in [6.07, 6.45) is 3.76. The number of benzene rings is 1. The van der Waals surface area contributed by atoms with Crippen molar-refractivity contribution in [3.8, 4) is 0 Å². The van der Waals surface area contributed by atoms with Crippen LogP contribution in [0.25, 0.3) is 10.8 Å². The van der Waals surface area contributed by atoms with Gasteiger partial charge in [0.2, 0.25) is 0 Å². The lowest BCUT2D eigenvalue weighted by molar-refractivity contribution is 0.0954. The Morgan fingerprint density at radius 2 is 1.95 bits per heavy atom. The molecule has 19 heavy (non-hydrogen) atoms. The molecule has 0 bridgehead atoms. The minimum absolute atomic E-state index is 0.0618. The number of fused-ring (bicyclic) bond motifs is 1. The Morgan fingerprint density at radius 3 is 2.63 bits per heavy atom. The summed E-state index contributed by atoms with van der Waals surface area (Å²) in [5, 5.41) is 1.93. The second-order valence-corrected chi connectivity index (χ2v) is 6.01. The Hall–Kier alpha value is -1.74. The lowest BCUT2D eigenvalue weighted by atomic mass is 9.83. The molecule has 2 aromatic rings. The van der Waals surface area contributed by atoms with Crippen molar-refractivity contribution >= 4 is 16.6 Å². The number of carbonyl (C=O) groups excluding carboxylic acids is 1. The van der Waals surface area contributed by atoms with Crippen LogP contribution in [0.1, 0.15) is 37.6 Å². The highest BCUT2D eigenvalue weighted by molar-refractivity contribution is 6.07. The van der Waals surface area contributed by atoms with Crippen molar-refractivity contribution in [2.75, 3.05) is 0 Å². The van der Waals surface area contributed by atoms with Gasteiger partial charge in [-0.05, 0) is 10.8 Å². The quantitative estimate of drug-likeness (QED) is 0.858. The molecule has 1 aromatic carbocycles. The number of pyridine rings is 1. The van der Waals surface area contributed by atoms with E-state index >= 15 is 0 Å². The summed E-state index contributed by atoms with van der Waals surface area (Å²) >= 11 is 0. The molecule has 0 amide bonds. The van der Waals surface area contributed by atoms with E-state index in [9.17, 15) is 4.79 Å². The van der Waals surface area contributed by atoms with E-state index in [1.165, 1.54) is 0 Å². The molecule has 0 aliphatic rings. The molecule has 1 atom stereocenters. The van der Waals surface area contributed by atoms with E-state index in [-0.39, 0.29) is 17.2 Å². The minimum atomic E-state index is -0.154. The van der Waals surface area contributed by atoms with Crippen molar-refractivity contribution in [3.05, 3.63) is 42.2 Å². The summed E-state index contributed by atoms with van der Waals surface area (Å²) in [6.45, 7) is 6.14. The number of hydrogen-bond acceptors (Lipinski definition) is 3. The highest BCUT2D eigenvalue weighted by Crippen LogP contribution is 2.23. The second-order valence-electron chi connectivity index (χ2n) is 6.01. The van der Waals surface area contributed by atoms with E-state index in [0.717, 1.165) is 10.8 Å². The molecule has 1 aromatic heterocycles. The number of rotatable bonds is 3. The Kier molecular flexibility index (Phi) is 3.67. The maximum absolute atomic E-state index is 12.4. The number of nitrogens with zero attached hydrogens (tertiary/aromatic N) is 1. The average molecular weight is 256 g/mol. The second kappa shape index (κ2) is 5.10. The van der Waals surface area contributed by atoms with E-state index in [1.807, 2.05) is 45.0 Å². The molecule has 3 heteroatoms. The maximum Gasteiger partial charge on any atom is 0.166 e. The molecular weight excluding hydrogens is 236 g/mol. The minimum Gasteiger partial charge on any atom is -0.327 e. The van der Waals surface area contributed by atoms with Crippen LogP contribution in [0, 0.1) is 5.41 Å². The van der Waals surface area contributed by atoms with Crippen molar-refractivity contribution in [3.63, 3.8) is 0 Å². The standard InChI is InChI=1S/C16H20N2O/c1-16(2,3)15(17)8-14(19)13-10-18-9-11-6-4-5-7-12(11)13/h4-7,9-10,15H,8,17H2,1-3H3. The van der Waals surface area contributed by atoms with Crippen LogP contribution in [-0.2, 0) is 0 Å². The molecule has 0 saturated heterocycles. The van der Waals surface area contributed by atoms with Crippen molar-refractivity contribution in [1.82, 2.24) is 4.98 Å². The van der Waals surface area contributed by atoms with Crippen LogP contribution in [0.4, 0.5) is 0 Å². The lowest BCUT2D eigenvalue weighted by Gasteiger charge is -2.26. The molecule has 0 aliphatic carbocycles. The van der Waals surface area contributed by atoms with Crippen molar-refractivity contribution in [2.24, 2.45) is 11.1 Å². The molecule has 1 unspecified atom stereocenters. The van der Waals surface area contributed by atoms with Gasteiger partial charge in [0.05, 0.1) is 0 Å². The molecule has 0 spiro atoms. The summed E-state index contributed by atoms with van der Waals surface area (Å²) in [4.78, 5) is 16.5. The lowest BCUT2D eigenvalue weighted by Crippen LogP contribution is -2.37. The molecule has 1 heterocycles. The van der Waals surface area contributed by atoms with Crippen LogP contribution in [0.2, 0.25) is 0 Å². The third-order valence-electron chi connectivity index (χ3n) is 3.49. The average Bonchev–Trinajstić information content (AvgIpc) is 2.36. The summed E-state index contributed by atoms with van der Waals surface area (Å²) < 4.78 is 0. The van der Waals surface area contributed by atoms with Gasteiger partial charge in [-0.15, -0.1) is 0 Å². The van der Waals surface area contributed by atoms with E-state index < -0.39 is 0 Å². The number of aromatic nitrogens is 1. The van der Waals surface area contributed by atoms with E-state index in [0.29, 0.717) is 12.0 Å². The SMILES string of the molecule is CC(C)(C)C(N)CC(=O)c1cncc2ccccc12. The van der Waals surface area contributed by atoms with Crippen LogP contribution in [0.3, 0.4) is 0 Å². The van der Waals surface area contributed by atoms with E-state index in [1.54, 1.807) is 12.4 Å². The van der Waals surface area contributed by atoms with Gasteiger partial charge in [-0.3, -0.25) is 9.78 Å². The van der Waals surface area contributed by atoms with Gasteiger partial charge in [-0.2, -0.15) is 0 Å². The fraction of sp³-hybridized carbons (Fsp3) is 0.375. The number of nitrogens with two attached hydrogens (primary N) is 1. The molecular formula is C16H20N2O. The Morgan fingerprint density at radius 1 is 1.26 bits per heavy atom. The van der Waals surface area contributed by atoms with Crippen LogP contribution < -0.4 is 5.73 Å². The first-order valence-electron chi connectivity index (χ1n) is 6.51. The van der Waals surface area contributed by atoms with Gasteiger partial charge < -0.3 is 5.73 Å². The number of ketones is 1. The van der Waals surface area contributed by atoms with Crippen molar-refractivity contribution in [1.29, 1.82) is 0 Å². The zero-order valence-corrected chi connectivity index (χ0v) is 11.7. The molecule has 3 nitrogen and oxygen atoms in total. The van der Waals surface area contributed by atoms with Crippen LogP contribution in [0.15, 0.2) is 36.7 Å². The number of carbonyl (C=O) groups is 1. The Labute approximate surface area is 113 Å². The first kappa shape index (κ1) is 13.7. The molecule has 0 radical (unpaired) electrons. The van der Waals surface area contributed by atoms with Crippen molar-refractivity contribution in [2.45, 2.75) is 33.2 Å². The summed E-state index contributed by atoms with van der Waals surface area (Å²) in [6, 6.07) is 7.64. The summed E-state index contributed by atoms with van der Waals surface area (Å²) in [5.74, 6) is 0.0618. The zero-order valence-electron chi connectivity index (χ0n) is 11.7. The number of hydrogen-bond donors (Lipinski definition) is 1. The zero-order chi connectivity index (χ0) is 14.0. The van der Waals surface area contributed by atoms with Gasteiger partial charge in [0.15, 0.2) is 5.78 Å². The fourth-order valence-corrected chi connectivity index (χ4v) is 1.95. The summed E-state index contributed by atoms with van der Waals surface area (Å²) in [7, 11) is 0. The topological polar surface area (TPSA) is 56.0 Å². The van der Waals surface area contributed by atoms with Gasteiger partial charge in [0.25, 0.3) is 0 Å². The highest BCUT2D eigenvalue weighted by atomic mass is 16.1. The third-order valence-corrected chi connectivity index (χ3v) is 3.49. The molecule has 2 rings (SSSR count). The Balaban J connectivity index is 2.32. The van der Waals surface area contributed by atoms with Crippen LogP contribution >= 0.6 is 0 Å². The first-order chi connectivity index (χ1) is 8.89. The van der Waals surface area contributed by atoms with Gasteiger partial charge in [0, 0.05) is 35.8 Å². The van der Waals surface area contributed by atoms with Gasteiger partial charge in [-0.1, -0.05) is 45.0 Å². The van der Waals surface area contributed by atoms with Gasteiger partial charge >= 0.3 is 0 Å². The molecule has 2 N–H and O–H groups in total. The maximum atomic E-state index is 12.4. The van der Waals surface area contributed by atoms with E-state index in [4.69, 9.17) is 5.73 Å². The largest absolute Gasteiger partial charge is 0.327 e. The monoisotopic (exact) mass is 256 g/mol. The predicted octanol–water partition coefficient (Wildman–Crippen LogP) is 3.18. The van der Waals surface area contributed by atoms with Gasteiger partial charge in [-0.25, -0.2) is 0 Å². The fourth-order valence-electron chi connectivity index (χ4n) is 1.95. The molecule has 0 saturated carbocycles. The normalized spacial score (nSPS) is 13.5. The van der Waals surface area contributed by atoms with E-state index in [2.05, 4.69) is 4.98 Å². The molecule has 100 valence electrons. The van der Waals surface area contributed by atoms with Crippen molar-refractivity contribution < 1.29 is 4.79 Å². The van der Waals surface area contributed by atoms with Crippen LogP contribution in [-0.4, -0.2) is 16.8 Å². The van der Waals surface area contributed by atoms with Crippen LogP contribution in [0.5, 0.6) is 0 Å². The number of Topliss-reactive ketones (excluding diaryl/α,β-unsaturated/α-hetero) is 1. The highest BCUT2D eigenvalue weighted by Gasteiger charge is 2.24. The molecule has 0 fully saturated rings. The van der Waals surface area contributed by atoms with Gasteiger partial charge in [0.1, 0.15) is 0 Å². The Bertz CT molecular complexity index is 594.